The molecule has 0 radical (unpaired) electrons. The van der Waals surface area contributed by atoms with Crippen LogP contribution in [0, 0.1) is 0 Å². The predicted molar refractivity (Wildman–Crippen MR) is 116 cm³/mol. The molecule has 0 unspecified atom stereocenters. The molecule has 3 rings (SSSR count). The van der Waals surface area contributed by atoms with E-state index in [2.05, 4.69) is 20.5 Å². The highest BCUT2D eigenvalue weighted by Gasteiger charge is 2.08. The molecule has 0 spiro atoms. The Morgan fingerprint density at radius 2 is 1.79 bits per heavy atom. The zero-order valence-corrected chi connectivity index (χ0v) is 16.8. The van der Waals surface area contributed by atoms with Gasteiger partial charge in [-0.3, -0.25) is 4.79 Å². The number of ether oxygens (including phenoxy) is 1. The summed E-state index contributed by atoms with van der Waals surface area (Å²) in [5, 5.41) is 6.12. The van der Waals surface area contributed by atoms with Crippen LogP contribution in [0.2, 0.25) is 0 Å². The molecule has 3 aromatic rings. The average molecular weight is 390 g/mol. The third-order valence-corrected chi connectivity index (χ3v) is 4.25. The molecule has 0 atom stereocenters. The van der Waals surface area contributed by atoms with Gasteiger partial charge in [0.15, 0.2) is 0 Å². The van der Waals surface area contributed by atoms with Crippen LogP contribution in [0.3, 0.4) is 0 Å². The summed E-state index contributed by atoms with van der Waals surface area (Å²) < 4.78 is 5.77. The van der Waals surface area contributed by atoms with E-state index in [1.807, 2.05) is 68.7 Å². The second-order valence-electron chi connectivity index (χ2n) is 6.91. The number of nitrogens with zero attached hydrogens (tertiary/aromatic N) is 2. The Hall–Kier alpha value is -3.38. The smallest absolute Gasteiger partial charge is 0.255 e. The van der Waals surface area contributed by atoms with Crippen molar-refractivity contribution >= 4 is 17.4 Å². The monoisotopic (exact) mass is 390 g/mol. The van der Waals surface area contributed by atoms with E-state index < -0.39 is 0 Å². The number of benzene rings is 2. The van der Waals surface area contributed by atoms with Gasteiger partial charge in [-0.05, 0) is 56.1 Å². The van der Waals surface area contributed by atoms with E-state index in [0.29, 0.717) is 23.7 Å². The fourth-order valence-electron chi connectivity index (χ4n) is 2.65. The lowest BCUT2D eigenvalue weighted by Crippen LogP contribution is -2.21. The standard InChI is InChI=1S/C23H26N4O2/c1-27(2)15-14-25-22-16-19(12-13-24-22)23(28)26-20-8-10-21(11-9-20)29-17-18-6-4-3-5-7-18/h3-13,16H,14-15,17H2,1-2H3,(H,24,25)(H,26,28). The Morgan fingerprint density at radius 1 is 1.03 bits per heavy atom. The number of carbonyl (C=O) groups is 1. The Labute approximate surface area is 171 Å². The molecule has 0 aliphatic carbocycles. The molecule has 2 N–H and O–H groups in total. The van der Waals surface area contributed by atoms with E-state index in [-0.39, 0.29) is 5.91 Å². The van der Waals surface area contributed by atoms with Gasteiger partial charge in [0, 0.05) is 30.5 Å². The number of aromatic nitrogens is 1. The van der Waals surface area contributed by atoms with Crippen molar-refractivity contribution in [3.05, 3.63) is 84.1 Å². The van der Waals surface area contributed by atoms with E-state index in [4.69, 9.17) is 4.74 Å². The molecule has 1 heterocycles. The van der Waals surface area contributed by atoms with Gasteiger partial charge in [0.05, 0.1) is 0 Å². The molecule has 0 saturated heterocycles. The van der Waals surface area contributed by atoms with Crippen molar-refractivity contribution in [2.24, 2.45) is 0 Å². The molecule has 0 aliphatic heterocycles. The largest absolute Gasteiger partial charge is 0.489 e. The van der Waals surface area contributed by atoms with Gasteiger partial charge in [-0.1, -0.05) is 30.3 Å². The minimum Gasteiger partial charge on any atom is -0.489 e. The lowest BCUT2D eigenvalue weighted by atomic mass is 10.2. The van der Waals surface area contributed by atoms with Crippen LogP contribution >= 0.6 is 0 Å². The summed E-state index contributed by atoms with van der Waals surface area (Å²) in [7, 11) is 4.02. The lowest BCUT2D eigenvalue weighted by molar-refractivity contribution is 0.102. The van der Waals surface area contributed by atoms with Gasteiger partial charge in [-0.15, -0.1) is 0 Å². The van der Waals surface area contributed by atoms with Crippen LogP contribution in [0.5, 0.6) is 5.75 Å². The van der Waals surface area contributed by atoms with Crippen molar-refractivity contribution in [1.82, 2.24) is 9.88 Å². The van der Waals surface area contributed by atoms with Crippen LogP contribution in [-0.2, 0) is 6.61 Å². The molecule has 1 aromatic heterocycles. The van der Waals surface area contributed by atoms with Crippen LogP contribution in [0.1, 0.15) is 15.9 Å². The van der Waals surface area contributed by atoms with E-state index in [1.54, 1.807) is 18.3 Å². The Balaban J connectivity index is 1.53. The first-order chi connectivity index (χ1) is 14.1. The fraction of sp³-hybridized carbons (Fsp3) is 0.217. The summed E-state index contributed by atoms with van der Waals surface area (Å²) in [5.74, 6) is 1.26. The van der Waals surface area contributed by atoms with Crippen molar-refractivity contribution in [2.45, 2.75) is 6.61 Å². The van der Waals surface area contributed by atoms with E-state index in [1.165, 1.54) is 0 Å². The zero-order valence-electron chi connectivity index (χ0n) is 16.8. The second kappa shape index (κ2) is 10.2. The second-order valence-corrected chi connectivity index (χ2v) is 6.91. The number of nitrogens with one attached hydrogen (secondary N) is 2. The zero-order chi connectivity index (χ0) is 20.5. The van der Waals surface area contributed by atoms with Crippen LogP contribution < -0.4 is 15.4 Å². The maximum Gasteiger partial charge on any atom is 0.255 e. The van der Waals surface area contributed by atoms with E-state index in [9.17, 15) is 4.79 Å². The summed E-state index contributed by atoms with van der Waals surface area (Å²) in [6, 6.07) is 20.8. The molecule has 1 amide bonds. The lowest BCUT2D eigenvalue weighted by Gasteiger charge is -2.12. The minimum absolute atomic E-state index is 0.180. The maximum atomic E-state index is 12.5. The molecule has 0 saturated carbocycles. The summed E-state index contributed by atoms with van der Waals surface area (Å²) in [6.45, 7) is 2.15. The molecule has 0 bridgehead atoms. The number of anilines is 2. The first-order valence-electron chi connectivity index (χ1n) is 9.53. The molecular weight excluding hydrogens is 364 g/mol. The molecule has 0 fully saturated rings. The van der Waals surface area contributed by atoms with Gasteiger partial charge in [-0.2, -0.15) is 0 Å². The number of rotatable bonds is 9. The normalized spacial score (nSPS) is 10.6. The highest BCUT2D eigenvalue weighted by atomic mass is 16.5. The number of hydrogen-bond acceptors (Lipinski definition) is 5. The summed E-state index contributed by atoms with van der Waals surface area (Å²) in [6.07, 6.45) is 1.63. The highest BCUT2D eigenvalue weighted by molar-refractivity contribution is 6.04. The number of amides is 1. The highest BCUT2D eigenvalue weighted by Crippen LogP contribution is 2.18. The minimum atomic E-state index is -0.180. The average Bonchev–Trinajstić information content (AvgIpc) is 2.74. The Morgan fingerprint density at radius 3 is 2.52 bits per heavy atom. The molecule has 6 heteroatoms. The fourth-order valence-corrected chi connectivity index (χ4v) is 2.65. The van der Waals surface area contributed by atoms with Crippen molar-refractivity contribution in [3.63, 3.8) is 0 Å². The van der Waals surface area contributed by atoms with Gasteiger partial charge in [0.25, 0.3) is 5.91 Å². The molecule has 0 aliphatic rings. The quantitative estimate of drug-likeness (QED) is 0.580. The number of carbonyl (C=O) groups excluding carboxylic acids is 1. The topological polar surface area (TPSA) is 66.5 Å². The van der Waals surface area contributed by atoms with Crippen molar-refractivity contribution < 1.29 is 9.53 Å². The Kier molecular flexibility index (Phi) is 7.19. The van der Waals surface area contributed by atoms with Crippen molar-refractivity contribution in [3.8, 4) is 5.75 Å². The number of hydrogen-bond donors (Lipinski definition) is 2. The number of pyridine rings is 1. The summed E-state index contributed by atoms with van der Waals surface area (Å²) in [5.41, 5.74) is 2.37. The first-order valence-corrected chi connectivity index (χ1v) is 9.53. The first kappa shape index (κ1) is 20.4. The Bertz CT molecular complexity index is 912. The number of likely N-dealkylation sites (N-methyl/N-ethyl adjacent to an activating group) is 1. The van der Waals surface area contributed by atoms with Gasteiger partial charge >= 0.3 is 0 Å². The summed E-state index contributed by atoms with van der Waals surface area (Å²) in [4.78, 5) is 18.9. The third-order valence-electron chi connectivity index (χ3n) is 4.25. The molecule has 150 valence electrons. The third kappa shape index (κ3) is 6.62. The van der Waals surface area contributed by atoms with Crippen LogP contribution in [0.15, 0.2) is 72.9 Å². The molecular formula is C23H26N4O2. The van der Waals surface area contributed by atoms with Crippen LogP contribution in [0.4, 0.5) is 11.5 Å². The summed E-state index contributed by atoms with van der Waals surface area (Å²) >= 11 is 0. The van der Waals surface area contributed by atoms with Crippen molar-refractivity contribution in [2.75, 3.05) is 37.8 Å². The SMILES string of the molecule is CN(C)CCNc1cc(C(=O)Nc2ccc(OCc3ccccc3)cc2)ccn1. The van der Waals surface area contributed by atoms with Gasteiger partial charge in [-0.25, -0.2) is 4.98 Å². The maximum absolute atomic E-state index is 12.5. The van der Waals surface area contributed by atoms with Crippen LogP contribution in [-0.4, -0.2) is 43.0 Å². The predicted octanol–water partition coefficient (Wildman–Crippen LogP) is 3.89. The van der Waals surface area contributed by atoms with Gasteiger partial charge in [0.2, 0.25) is 0 Å². The van der Waals surface area contributed by atoms with Gasteiger partial charge < -0.3 is 20.3 Å². The van der Waals surface area contributed by atoms with E-state index in [0.717, 1.165) is 24.4 Å². The molecule has 2 aromatic carbocycles. The molecule has 29 heavy (non-hydrogen) atoms. The van der Waals surface area contributed by atoms with Gasteiger partial charge in [0.1, 0.15) is 18.2 Å². The van der Waals surface area contributed by atoms with E-state index >= 15 is 0 Å². The molecule has 6 nitrogen and oxygen atoms in total. The van der Waals surface area contributed by atoms with Crippen LogP contribution in [0.25, 0.3) is 0 Å². The van der Waals surface area contributed by atoms with Crippen molar-refractivity contribution in [1.29, 1.82) is 0 Å².